The highest BCUT2D eigenvalue weighted by Gasteiger charge is 2.42. The molecule has 1 aromatic carbocycles. The topological polar surface area (TPSA) is 17.8 Å². The summed E-state index contributed by atoms with van der Waals surface area (Å²) in [5.74, 6) is 0. The molecule has 0 saturated carbocycles. The maximum absolute atomic E-state index is 13.0. The Morgan fingerprint density at radius 2 is 1.87 bits per heavy atom. The quantitative estimate of drug-likeness (QED) is 0.672. The molecular weight excluding hydrogens is 212 g/mol. The van der Waals surface area contributed by atoms with E-state index in [-0.39, 0.29) is 5.52 Å². The molecule has 2 nitrogen and oxygen atoms in total. The zero-order valence-corrected chi connectivity index (χ0v) is 7.37. The highest BCUT2D eigenvalue weighted by Crippen LogP contribution is 2.33. The Morgan fingerprint density at radius 1 is 1.20 bits per heavy atom. The zero-order valence-electron chi connectivity index (χ0n) is 7.37. The van der Waals surface area contributed by atoms with E-state index in [2.05, 4.69) is 5.10 Å². The fraction of sp³-hybridized carbons (Fsp3) is 0.222. The average molecular weight is 218 g/mol. The molecule has 1 aromatic heterocycles. The molecule has 2 aromatic rings. The lowest BCUT2D eigenvalue weighted by Gasteiger charge is -2.13. The Morgan fingerprint density at radius 3 is 2.53 bits per heavy atom. The molecule has 0 radical (unpaired) electrons. The Bertz CT molecular complexity index is 474. The molecule has 1 atom stereocenters. The summed E-state index contributed by atoms with van der Waals surface area (Å²) < 4.78 is 49.6. The predicted octanol–water partition coefficient (Wildman–Crippen LogP) is 3.07. The van der Waals surface area contributed by atoms with Crippen molar-refractivity contribution < 1.29 is 17.6 Å². The fourth-order valence-corrected chi connectivity index (χ4v) is 1.31. The summed E-state index contributed by atoms with van der Waals surface area (Å²) >= 11 is 0. The van der Waals surface area contributed by atoms with Crippen molar-refractivity contribution in [3.63, 3.8) is 0 Å². The normalized spacial score (nSPS) is 14.4. The van der Waals surface area contributed by atoms with Crippen LogP contribution in [0.15, 0.2) is 30.5 Å². The van der Waals surface area contributed by atoms with Crippen LogP contribution in [0, 0.1) is 0 Å². The molecular formula is C9H6F4N2. The lowest BCUT2D eigenvalue weighted by atomic mass is 10.2. The number of para-hydroxylation sites is 1. The van der Waals surface area contributed by atoms with Gasteiger partial charge < -0.3 is 0 Å². The first kappa shape index (κ1) is 9.95. The summed E-state index contributed by atoms with van der Waals surface area (Å²) in [5.41, 5.74) is 0.127. The number of fused-ring (bicyclic) bond motifs is 1. The highest BCUT2D eigenvalue weighted by atomic mass is 19.4. The predicted molar refractivity (Wildman–Crippen MR) is 45.9 cm³/mol. The van der Waals surface area contributed by atoms with Crippen LogP contribution in [0.1, 0.15) is 6.30 Å². The summed E-state index contributed by atoms with van der Waals surface area (Å²) in [7, 11) is 0. The van der Waals surface area contributed by atoms with Crippen LogP contribution in [0.5, 0.6) is 0 Å². The van der Waals surface area contributed by atoms with Crippen molar-refractivity contribution in [1.29, 1.82) is 0 Å². The summed E-state index contributed by atoms with van der Waals surface area (Å²) in [4.78, 5) is 0. The minimum atomic E-state index is -4.94. The van der Waals surface area contributed by atoms with Gasteiger partial charge in [0.15, 0.2) is 0 Å². The van der Waals surface area contributed by atoms with Crippen molar-refractivity contribution >= 4 is 10.9 Å². The summed E-state index contributed by atoms with van der Waals surface area (Å²) in [6.07, 6.45) is -6.83. The molecule has 0 spiro atoms. The van der Waals surface area contributed by atoms with Gasteiger partial charge in [-0.05, 0) is 6.07 Å². The number of halogens is 4. The number of rotatable bonds is 1. The van der Waals surface area contributed by atoms with Gasteiger partial charge in [-0.15, -0.1) is 0 Å². The Kier molecular flexibility index (Phi) is 2.13. The molecule has 0 saturated heterocycles. The average Bonchev–Trinajstić information content (AvgIpc) is 2.58. The van der Waals surface area contributed by atoms with E-state index >= 15 is 0 Å². The van der Waals surface area contributed by atoms with Crippen molar-refractivity contribution in [1.82, 2.24) is 9.78 Å². The molecule has 0 N–H and O–H groups in total. The van der Waals surface area contributed by atoms with E-state index in [9.17, 15) is 17.6 Å². The third-order valence-electron chi connectivity index (χ3n) is 1.99. The maximum atomic E-state index is 13.0. The third kappa shape index (κ3) is 1.67. The SMILES string of the molecule is FC(n1ncc2ccccc21)C(F)(F)F. The van der Waals surface area contributed by atoms with Crippen molar-refractivity contribution in [2.75, 3.05) is 0 Å². The van der Waals surface area contributed by atoms with Gasteiger partial charge in [-0.2, -0.15) is 18.3 Å². The van der Waals surface area contributed by atoms with E-state index < -0.39 is 12.5 Å². The largest absolute Gasteiger partial charge is 0.440 e. The second kappa shape index (κ2) is 3.22. The van der Waals surface area contributed by atoms with Gasteiger partial charge in [0.2, 0.25) is 0 Å². The first-order chi connectivity index (χ1) is 7.00. The van der Waals surface area contributed by atoms with E-state index in [0.717, 1.165) is 0 Å². The van der Waals surface area contributed by atoms with Gasteiger partial charge in [-0.1, -0.05) is 18.2 Å². The molecule has 2 rings (SSSR count). The van der Waals surface area contributed by atoms with E-state index in [1.54, 1.807) is 12.1 Å². The molecule has 80 valence electrons. The number of hydrogen-bond acceptors (Lipinski definition) is 1. The van der Waals surface area contributed by atoms with Crippen molar-refractivity contribution in [3.8, 4) is 0 Å². The second-order valence-electron chi connectivity index (χ2n) is 3.03. The second-order valence-corrected chi connectivity index (χ2v) is 3.03. The summed E-state index contributed by atoms with van der Waals surface area (Å²) in [6, 6.07) is 6.14. The molecule has 0 amide bonds. The smallest absolute Gasteiger partial charge is 0.222 e. The van der Waals surface area contributed by atoms with Crippen LogP contribution in [0.2, 0.25) is 0 Å². The van der Waals surface area contributed by atoms with Crippen LogP contribution in [-0.4, -0.2) is 16.0 Å². The first-order valence-electron chi connectivity index (χ1n) is 4.13. The Balaban J connectivity index is 2.53. The minimum Gasteiger partial charge on any atom is -0.222 e. The fourth-order valence-electron chi connectivity index (χ4n) is 1.31. The Hall–Kier alpha value is -1.59. The monoisotopic (exact) mass is 218 g/mol. The molecule has 0 fully saturated rings. The van der Waals surface area contributed by atoms with Gasteiger partial charge in [-0.25, -0.2) is 9.07 Å². The minimum absolute atomic E-state index is 0.127. The molecule has 6 heteroatoms. The highest BCUT2D eigenvalue weighted by molar-refractivity contribution is 5.78. The van der Waals surface area contributed by atoms with Crippen molar-refractivity contribution in [2.45, 2.75) is 12.5 Å². The number of aromatic nitrogens is 2. The lowest BCUT2D eigenvalue weighted by Crippen LogP contribution is -2.23. The van der Waals surface area contributed by atoms with E-state index in [0.29, 0.717) is 10.1 Å². The number of alkyl halides is 4. The molecule has 1 heterocycles. The maximum Gasteiger partial charge on any atom is 0.440 e. The van der Waals surface area contributed by atoms with Crippen LogP contribution in [0.3, 0.4) is 0 Å². The molecule has 0 aliphatic carbocycles. The Labute approximate surface area is 82.1 Å². The van der Waals surface area contributed by atoms with Crippen LogP contribution in [0.25, 0.3) is 10.9 Å². The summed E-state index contributed by atoms with van der Waals surface area (Å²) in [6.45, 7) is 0. The van der Waals surface area contributed by atoms with E-state index in [4.69, 9.17) is 0 Å². The summed E-state index contributed by atoms with van der Waals surface area (Å²) in [5, 5.41) is 3.86. The van der Waals surface area contributed by atoms with Gasteiger partial charge in [0.25, 0.3) is 6.30 Å². The van der Waals surface area contributed by atoms with Gasteiger partial charge in [0.05, 0.1) is 11.7 Å². The molecule has 0 aliphatic heterocycles. The molecule has 0 bridgehead atoms. The van der Waals surface area contributed by atoms with Gasteiger partial charge >= 0.3 is 6.18 Å². The van der Waals surface area contributed by atoms with Gasteiger partial charge in [-0.3, -0.25) is 0 Å². The van der Waals surface area contributed by atoms with Gasteiger partial charge in [0.1, 0.15) is 0 Å². The number of hydrogen-bond donors (Lipinski definition) is 0. The molecule has 1 unspecified atom stereocenters. The molecule has 15 heavy (non-hydrogen) atoms. The first-order valence-corrected chi connectivity index (χ1v) is 4.13. The van der Waals surface area contributed by atoms with Crippen LogP contribution in [-0.2, 0) is 0 Å². The van der Waals surface area contributed by atoms with Crippen molar-refractivity contribution in [2.24, 2.45) is 0 Å². The van der Waals surface area contributed by atoms with Crippen LogP contribution in [0.4, 0.5) is 17.6 Å². The van der Waals surface area contributed by atoms with Crippen LogP contribution >= 0.6 is 0 Å². The zero-order chi connectivity index (χ0) is 11.1. The van der Waals surface area contributed by atoms with Crippen LogP contribution < -0.4 is 0 Å². The van der Waals surface area contributed by atoms with E-state index in [1.807, 2.05) is 0 Å². The molecule has 0 aliphatic rings. The van der Waals surface area contributed by atoms with Crippen molar-refractivity contribution in [3.05, 3.63) is 30.5 Å². The third-order valence-corrected chi connectivity index (χ3v) is 1.99. The number of benzene rings is 1. The lowest BCUT2D eigenvalue weighted by molar-refractivity contribution is -0.206. The standard InChI is InChI=1S/C9H6F4N2/c10-8(9(11,12)13)15-7-4-2-1-3-6(7)5-14-15/h1-5,8H. The van der Waals surface area contributed by atoms with E-state index in [1.165, 1.54) is 18.3 Å². The number of nitrogens with zero attached hydrogens (tertiary/aromatic N) is 2. The van der Waals surface area contributed by atoms with Gasteiger partial charge in [0, 0.05) is 5.39 Å².